The first-order valence-corrected chi connectivity index (χ1v) is 6.12. The Labute approximate surface area is 111 Å². The zero-order valence-corrected chi connectivity index (χ0v) is 10.8. The molecule has 2 nitrogen and oxygen atoms in total. The van der Waals surface area contributed by atoms with Crippen LogP contribution in [-0.2, 0) is 6.54 Å². The van der Waals surface area contributed by atoms with Gasteiger partial charge in [-0.3, -0.25) is 4.98 Å². The maximum atomic E-state index is 13.3. The molecule has 1 aromatic carbocycles. The molecule has 0 amide bonds. The quantitative estimate of drug-likeness (QED) is 0.910. The number of hydrogen-bond acceptors (Lipinski definition) is 2. The van der Waals surface area contributed by atoms with Gasteiger partial charge in [0.25, 0.3) is 0 Å². The molecule has 2 rings (SSSR count). The van der Waals surface area contributed by atoms with Gasteiger partial charge >= 0.3 is 0 Å². The molecule has 0 aliphatic carbocycles. The van der Waals surface area contributed by atoms with E-state index in [-0.39, 0.29) is 16.9 Å². The Hall–Kier alpha value is -1.45. The highest BCUT2D eigenvalue weighted by Gasteiger charge is 2.05. The largest absolute Gasteiger partial charge is 0.306 e. The SMILES string of the molecule is CC(NCc1ccc(Cl)c(F)c1)c1cccnc1. The van der Waals surface area contributed by atoms with E-state index in [1.54, 1.807) is 12.3 Å². The first-order valence-electron chi connectivity index (χ1n) is 5.74. The van der Waals surface area contributed by atoms with E-state index in [1.165, 1.54) is 6.07 Å². The summed E-state index contributed by atoms with van der Waals surface area (Å²) in [6.07, 6.45) is 3.56. The van der Waals surface area contributed by atoms with Crippen molar-refractivity contribution in [2.45, 2.75) is 19.5 Å². The highest BCUT2D eigenvalue weighted by molar-refractivity contribution is 6.30. The van der Waals surface area contributed by atoms with E-state index in [4.69, 9.17) is 11.6 Å². The van der Waals surface area contributed by atoms with Gasteiger partial charge in [-0.1, -0.05) is 23.7 Å². The predicted octanol–water partition coefficient (Wildman–Crippen LogP) is 3.72. The molecule has 0 fully saturated rings. The standard InChI is InChI=1S/C14H14ClFN2/c1-10(12-3-2-6-17-9-12)18-8-11-4-5-13(15)14(16)7-11/h2-7,9-10,18H,8H2,1H3. The van der Waals surface area contributed by atoms with E-state index in [9.17, 15) is 4.39 Å². The van der Waals surface area contributed by atoms with Crippen molar-refractivity contribution in [1.29, 1.82) is 0 Å². The lowest BCUT2D eigenvalue weighted by atomic mass is 10.1. The molecule has 1 atom stereocenters. The van der Waals surface area contributed by atoms with Crippen molar-refractivity contribution in [1.82, 2.24) is 10.3 Å². The van der Waals surface area contributed by atoms with Gasteiger partial charge in [0.15, 0.2) is 0 Å². The molecule has 4 heteroatoms. The van der Waals surface area contributed by atoms with Gasteiger partial charge in [0.1, 0.15) is 5.82 Å². The molecule has 0 radical (unpaired) electrons. The summed E-state index contributed by atoms with van der Waals surface area (Å²) in [6, 6.07) is 8.91. The molecule has 0 bridgehead atoms. The molecule has 2 aromatic rings. The van der Waals surface area contributed by atoms with Crippen molar-refractivity contribution in [2.75, 3.05) is 0 Å². The van der Waals surface area contributed by atoms with Gasteiger partial charge in [0.05, 0.1) is 5.02 Å². The normalized spacial score (nSPS) is 12.4. The van der Waals surface area contributed by atoms with E-state index < -0.39 is 0 Å². The number of aromatic nitrogens is 1. The molecule has 94 valence electrons. The fraction of sp³-hybridized carbons (Fsp3) is 0.214. The Kier molecular flexibility index (Phi) is 4.28. The maximum Gasteiger partial charge on any atom is 0.142 e. The number of benzene rings is 1. The number of nitrogens with one attached hydrogen (secondary N) is 1. The van der Waals surface area contributed by atoms with Crippen LogP contribution < -0.4 is 5.32 Å². The van der Waals surface area contributed by atoms with Gasteiger partial charge < -0.3 is 5.32 Å². The zero-order chi connectivity index (χ0) is 13.0. The molecule has 0 spiro atoms. The molecule has 18 heavy (non-hydrogen) atoms. The molecule has 1 heterocycles. The molecular weight excluding hydrogens is 251 g/mol. The lowest BCUT2D eigenvalue weighted by molar-refractivity contribution is 0.568. The molecule has 0 aliphatic rings. The number of hydrogen-bond donors (Lipinski definition) is 1. The van der Waals surface area contributed by atoms with Gasteiger partial charge in [0.2, 0.25) is 0 Å². The zero-order valence-electron chi connectivity index (χ0n) is 10.0. The smallest absolute Gasteiger partial charge is 0.142 e. The molecule has 0 aliphatic heterocycles. The van der Waals surface area contributed by atoms with Gasteiger partial charge in [-0.2, -0.15) is 0 Å². The molecule has 0 saturated carbocycles. The third-order valence-corrected chi connectivity index (χ3v) is 3.09. The molecule has 1 N–H and O–H groups in total. The Morgan fingerprint density at radius 2 is 2.22 bits per heavy atom. The number of halogens is 2. The van der Waals surface area contributed by atoms with Crippen LogP contribution in [0.3, 0.4) is 0 Å². The first-order chi connectivity index (χ1) is 8.66. The highest BCUT2D eigenvalue weighted by Crippen LogP contribution is 2.16. The van der Waals surface area contributed by atoms with Gasteiger partial charge in [0, 0.05) is 25.0 Å². The summed E-state index contributed by atoms with van der Waals surface area (Å²) < 4.78 is 13.3. The Morgan fingerprint density at radius 1 is 1.39 bits per heavy atom. The summed E-state index contributed by atoms with van der Waals surface area (Å²) in [4.78, 5) is 4.07. The van der Waals surface area contributed by atoms with E-state index >= 15 is 0 Å². The average molecular weight is 265 g/mol. The van der Waals surface area contributed by atoms with Gasteiger partial charge in [-0.15, -0.1) is 0 Å². The van der Waals surface area contributed by atoms with Crippen molar-refractivity contribution >= 4 is 11.6 Å². The maximum absolute atomic E-state index is 13.3. The summed E-state index contributed by atoms with van der Waals surface area (Å²) in [5.41, 5.74) is 1.97. The highest BCUT2D eigenvalue weighted by atomic mass is 35.5. The van der Waals surface area contributed by atoms with E-state index in [0.717, 1.165) is 11.1 Å². The van der Waals surface area contributed by atoms with Crippen molar-refractivity contribution in [3.8, 4) is 0 Å². The predicted molar refractivity (Wildman–Crippen MR) is 70.9 cm³/mol. The first kappa shape index (κ1) is 13.0. The van der Waals surface area contributed by atoms with Crippen molar-refractivity contribution in [3.05, 3.63) is 64.7 Å². The fourth-order valence-corrected chi connectivity index (χ4v) is 1.79. The summed E-state index contributed by atoms with van der Waals surface area (Å²) in [5.74, 6) is -0.384. The number of rotatable bonds is 4. The van der Waals surface area contributed by atoms with Crippen LogP contribution in [0.5, 0.6) is 0 Å². The van der Waals surface area contributed by atoms with Gasteiger partial charge in [-0.25, -0.2) is 4.39 Å². The van der Waals surface area contributed by atoms with Crippen LogP contribution in [0, 0.1) is 5.82 Å². The topological polar surface area (TPSA) is 24.9 Å². The fourth-order valence-electron chi connectivity index (χ4n) is 1.67. The summed E-state index contributed by atoms with van der Waals surface area (Å²) in [7, 11) is 0. The minimum atomic E-state index is -0.384. The minimum Gasteiger partial charge on any atom is -0.306 e. The monoisotopic (exact) mass is 264 g/mol. The van der Waals surface area contributed by atoms with Crippen LogP contribution in [0.15, 0.2) is 42.7 Å². The lowest BCUT2D eigenvalue weighted by Gasteiger charge is -2.13. The second-order valence-electron chi connectivity index (χ2n) is 4.14. The van der Waals surface area contributed by atoms with Crippen molar-refractivity contribution < 1.29 is 4.39 Å². The third-order valence-electron chi connectivity index (χ3n) is 2.78. The third kappa shape index (κ3) is 3.28. The summed E-state index contributed by atoms with van der Waals surface area (Å²) in [5, 5.41) is 3.46. The van der Waals surface area contributed by atoms with Crippen LogP contribution in [0.25, 0.3) is 0 Å². The van der Waals surface area contributed by atoms with Crippen molar-refractivity contribution in [2.24, 2.45) is 0 Å². The van der Waals surface area contributed by atoms with E-state index in [1.807, 2.05) is 31.3 Å². The summed E-state index contributed by atoms with van der Waals surface area (Å²) in [6.45, 7) is 2.63. The Balaban J connectivity index is 1.97. The summed E-state index contributed by atoms with van der Waals surface area (Å²) >= 11 is 5.64. The van der Waals surface area contributed by atoms with Crippen LogP contribution in [-0.4, -0.2) is 4.98 Å². The van der Waals surface area contributed by atoms with E-state index in [0.29, 0.717) is 6.54 Å². The molecule has 1 aromatic heterocycles. The Bertz CT molecular complexity index is 516. The Morgan fingerprint density at radius 3 is 2.89 bits per heavy atom. The molecular formula is C14H14ClFN2. The number of pyridine rings is 1. The van der Waals surface area contributed by atoms with Crippen molar-refractivity contribution in [3.63, 3.8) is 0 Å². The minimum absolute atomic E-state index is 0.152. The van der Waals surface area contributed by atoms with Crippen LogP contribution >= 0.6 is 11.6 Å². The molecule has 0 saturated heterocycles. The average Bonchev–Trinajstić information content (AvgIpc) is 2.41. The van der Waals surface area contributed by atoms with Crippen LogP contribution in [0.1, 0.15) is 24.1 Å². The van der Waals surface area contributed by atoms with Crippen LogP contribution in [0.2, 0.25) is 5.02 Å². The second-order valence-corrected chi connectivity index (χ2v) is 4.54. The number of nitrogens with zero attached hydrogens (tertiary/aromatic N) is 1. The lowest BCUT2D eigenvalue weighted by Crippen LogP contribution is -2.18. The van der Waals surface area contributed by atoms with Crippen LogP contribution in [0.4, 0.5) is 4.39 Å². The van der Waals surface area contributed by atoms with E-state index in [2.05, 4.69) is 10.3 Å². The van der Waals surface area contributed by atoms with Gasteiger partial charge in [-0.05, 0) is 36.2 Å². The molecule has 1 unspecified atom stereocenters. The second kappa shape index (κ2) is 5.94.